The molecule has 10 nitrogen and oxygen atoms in total. The van der Waals surface area contributed by atoms with E-state index in [2.05, 4.69) is 21.9 Å². The van der Waals surface area contributed by atoms with Crippen LogP contribution < -0.4 is 9.64 Å². The number of benzene rings is 2. The van der Waals surface area contributed by atoms with Crippen molar-refractivity contribution < 1.29 is 23.8 Å². The van der Waals surface area contributed by atoms with Crippen LogP contribution in [0.25, 0.3) is 32.9 Å². The number of likely N-dealkylation sites (N-methyl/N-ethyl adjacent to an activating group) is 1. The fourth-order valence-corrected chi connectivity index (χ4v) is 7.52. The maximum Gasteiger partial charge on any atom is 0.412 e. The highest BCUT2D eigenvalue weighted by molar-refractivity contribution is 6.25. The summed E-state index contributed by atoms with van der Waals surface area (Å²) < 4.78 is 28.6. The largest absolute Gasteiger partial charge is 0.508 e. The lowest BCUT2D eigenvalue weighted by molar-refractivity contribution is 0.00717. The molecule has 3 saturated heterocycles. The van der Waals surface area contributed by atoms with E-state index in [4.69, 9.17) is 26.1 Å². The van der Waals surface area contributed by atoms with E-state index in [1.807, 2.05) is 49.9 Å². The van der Waals surface area contributed by atoms with Crippen molar-refractivity contribution in [2.45, 2.75) is 69.1 Å². The number of anilines is 1. The number of carbonyl (C=O) groups is 1. The highest BCUT2D eigenvalue weighted by Gasteiger charge is 2.54. The predicted molar refractivity (Wildman–Crippen MR) is 175 cm³/mol. The second-order valence-corrected chi connectivity index (χ2v) is 14.4. The molecule has 2 aromatic heterocycles. The van der Waals surface area contributed by atoms with Gasteiger partial charge in [0.25, 0.3) is 0 Å². The third-order valence-corrected chi connectivity index (χ3v) is 9.72. The molecule has 12 heteroatoms. The van der Waals surface area contributed by atoms with Crippen molar-refractivity contribution in [3.05, 3.63) is 48.4 Å². The molecule has 2 aromatic carbocycles. The molecule has 1 amide bonds. The van der Waals surface area contributed by atoms with Crippen LogP contribution in [0.1, 0.15) is 46.5 Å². The molecule has 0 saturated carbocycles. The smallest absolute Gasteiger partial charge is 0.412 e. The average Bonchev–Trinajstić information content (AvgIpc) is 3.50. The average molecular weight is 649 g/mol. The standard InChI is InChI=1S/C34H38ClFN6O4/c1-33(2,3)46-32(44)42-21-11-12-34(42,35)19-41(17-21)30-26-16-37-28(25-15-23(43)14-20-8-5-6-10-24(20)25)27(36)29(26)38-31(39-30)45-18-22-9-7-13-40(22)4/h5-6,8,10,14-16,21-22,43H,7,9,11-13,17-19H2,1-4H3. The zero-order valence-corrected chi connectivity index (χ0v) is 27.2. The van der Waals surface area contributed by atoms with E-state index in [0.717, 1.165) is 30.2 Å². The molecule has 2 bridgehead atoms. The highest BCUT2D eigenvalue weighted by atomic mass is 35.5. The van der Waals surface area contributed by atoms with Gasteiger partial charge in [-0.05, 0) is 83.0 Å². The molecule has 242 valence electrons. The topological polar surface area (TPSA) is 104 Å². The quantitative estimate of drug-likeness (QED) is 0.197. The molecule has 0 aliphatic carbocycles. The maximum atomic E-state index is 16.7. The molecular weight excluding hydrogens is 611 g/mol. The lowest BCUT2D eigenvalue weighted by atomic mass is 10.00. The first-order valence-corrected chi connectivity index (χ1v) is 16.2. The molecule has 3 unspecified atom stereocenters. The molecule has 4 aromatic rings. The number of phenolic OH excluding ortho intramolecular Hbond substituents is 1. The van der Waals surface area contributed by atoms with Crippen molar-refractivity contribution in [1.29, 1.82) is 0 Å². The molecule has 5 heterocycles. The van der Waals surface area contributed by atoms with Crippen LogP contribution in [-0.4, -0.2) is 91.9 Å². The van der Waals surface area contributed by atoms with Crippen molar-refractivity contribution in [2.24, 2.45) is 0 Å². The molecule has 0 spiro atoms. The van der Waals surface area contributed by atoms with Gasteiger partial charge < -0.3 is 24.4 Å². The number of nitrogens with zero attached hydrogens (tertiary/aromatic N) is 6. The van der Waals surface area contributed by atoms with Gasteiger partial charge in [0.1, 0.15) is 40.0 Å². The lowest BCUT2D eigenvalue weighted by Crippen LogP contribution is -2.61. The Morgan fingerprint density at radius 3 is 2.72 bits per heavy atom. The van der Waals surface area contributed by atoms with Gasteiger partial charge >= 0.3 is 12.1 Å². The Kier molecular flexibility index (Phi) is 7.59. The number of alkyl halides is 1. The minimum absolute atomic E-state index is 0.00817. The second kappa shape index (κ2) is 11.4. The number of hydrogen-bond acceptors (Lipinski definition) is 9. The fourth-order valence-electron chi connectivity index (χ4n) is 7.06. The van der Waals surface area contributed by atoms with E-state index in [1.54, 1.807) is 17.2 Å². The van der Waals surface area contributed by atoms with Crippen LogP contribution in [0, 0.1) is 5.82 Å². The number of ether oxygens (including phenoxy) is 2. The van der Waals surface area contributed by atoms with E-state index in [1.165, 1.54) is 6.07 Å². The van der Waals surface area contributed by atoms with Gasteiger partial charge in [-0.15, -0.1) is 0 Å². The highest BCUT2D eigenvalue weighted by Crippen LogP contribution is 2.45. The number of aromatic nitrogens is 3. The van der Waals surface area contributed by atoms with E-state index < -0.39 is 22.5 Å². The summed E-state index contributed by atoms with van der Waals surface area (Å²) in [5, 5.41) is 12.4. The van der Waals surface area contributed by atoms with Crippen molar-refractivity contribution in [1.82, 2.24) is 24.8 Å². The van der Waals surface area contributed by atoms with Gasteiger partial charge in [-0.25, -0.2) is 9.18 Å². The minimum atomic E-state index is -1.03. The normalized spacial score (nSPS) is 23.4. The van der Waals surface area contributed by atoms with Crippen LogP contribution in [-0.2, 0) is 4.74 Å². The van der Waals surface area contributed by atoms with Gasteiger partial charge in [-0.2, -0.15) is 9.97 Å². The molecule has 3 atom stereocenters. The van der Waals surface area contributed by atoms with Crippen LogP contribution in [0.3, 0.4) is 0 Å². The Labute approximate surface area is 272 Å². The number of rotatable bonds is 5. The van der Waals surface area contributed by atoms with Gasteiger partial charge in [0.05, 0.1) is 18.0 Å². The Morgan fingerprint density at radius 1 is 1.17 bits per heavy atom. The van der Waals surface area contributed by atoms with Crippen molar-refractivity contribution in [3.63, 3.8) is 0 Å². The van der Waals surface area contributed by atoms with Crippen LogP contribution in [0.2, 0.25) is 0 Å². The van der Waals surface area contributed by atoms with Crippen molar-refractivity contribution in [2.75, 3.05) is 38.2 Å². The number of hydrogen-bond donors (Lipinski definition) is 1. The summed E-state index contributed by atoms with van der Waals surface area (Å²) in [5.74, 6) is -0.191. The first-order chi connectivity index (χ1) is 21.9. The maximum absolute atomic E-state index is 16.7. The summed E-state index contributed by atoms with van der Waals surface area (Å²) in [6.45, 7) is 7.52. The molecule has 3 aliphatic rings. The molecular formula is C34H38ClFN6O4. The summed E-state index contributed by atoms with van der Waals surface area (Å²) in [6.07, 6.45) is 4.47. The van der Waals surface area contributed by atoms with E-state index in [9.17, 15) is 9.90 Å². The van der Waals surface area contributed by atoms with Gasteiger partial charge in [0.15, 0.2) is 5.82 Å². The number of piperazine rings is 1. The number of phenols is 1. The molecule has 3 fully saturated rings. The number of halogens is 2. The number of pyridine rings is 1. The van der Waals surface area contributed by atoms with Crippen LogP contribution in [0.5, 0.6) is 11.8 Å². The first-order valence-electron chi connectivity index (χ1n) is 15.8. The molecule has 1 N–H and O–H groups in total. The first kappa shape index (κ1) is 30.7. The summed E-state index contributed by atoms with van der Waals surface area (Å²) in [6, 6.07) is 10.6. The monoisotopic (exact) mass is 648 g/mol. The van der Waals surface area contributed by atoms with E-state index >= 15 is 4.39 Å². The van der Waals surface area contributed by atoms with Crippen molar-refractivity contribution >= 4 is 45.2 Å². The van der Waals surface area contributed by atoms with Crippen LogP contribution >= 0.6 is 11.6 Å². The molecule has 46 heavy (non-hydrogen) atoms. The number of aromatic hydroxyl groups is 1. The number of amides is 1. The van der Waals surface area contributed by atoms with Gasteiger partial charge in [0, 0.05) is 24.3 Å². The second-order valence-electron chi connectivity index (χ2n) is 13.7. The molecule has 0 radical (unpaired) electrons. The summed E-state index contributed by atoms with van der Waals surface area (Å²) in [5.41, 5.74) is -0.0865. The van der Waals surface area contributed by atoms with Crippen molar-refractivity contribution in [3.8, 4) is 23.0 Å². The van der Waals surface area contributed by atoms with Gasteiger partial charge in [-0.3, -0.25) is 9.88 Å². The molecule has 3 aliphatic heterocycles. The number of likely N-dealkylation sites (tertiary alicyclic amines) is 1. The fraction of sp³-hybridized carbons (Fsp3) is 0.471. The Morgan fingerprint density at radius 2 is 1.98 bits per heavy atom. The predicted octanol–water partition coefficient (Wildman–Crippen LogP) is 6.32. The van der Waals surface area contributed by atoms with Crippen LogP contribution in [0.15, 0.2) is 42.6 Å². The number of fused-ring (bicyclic) bond motifs is 4. The zero-order valence-electron chi connectivity index (χ0n) is 26.5. The Hall–Kier alpha value is -3.96. The Bertz CT molecular complexity index is 1840. The van der Waals surface area contributed by atoms with Gasteiger partial charge in [-0.1, -0.05) is 35.9 Å². The SMILES string of the molecule is CN1CCCC1COc1nc(N2CC3CCC(Cl)(C2)N3C(=O)OC(C)(C)C)c2cnc(-c3cc(O)cc4ccccc34)c(F)c2n1. The summed E-state index contributed by atoms with van der Waals surface area (Å²) in [7, 11) is 2.06. The summed E-state index contributed by atoms with van der Waals surface area (Å²) >= 11 is 7.19. The zero-order chi connectivity index (χ0) is 32.4. The summed E-state index contributed by atoms with van der Waals surface area (Å²) in [4.78, 5) is 32.0. The third-order valence-electron chi connectivity index (χ3n) is 9.23. The lowest BCUT2D eigenvalue weighted by Gasteiger charge is -2.46. The van der Waals surface area contributed by atoms with E-state index in [0.29, 0.717) is 42.8 Å². The number of carbonyl (C=O) groups excluding carboxylic acids is 1. The van der Waals surface area contributed by atoms with Gasteiger partial charge in [0.2, 0.25) is 0 Å². The Balaban J connectivity index is 1.31. The van der Waals surface area contributed by atoms with Crippen LogP contribution in [0.4, 0.5) is 15.0 Å². The minimum Gasteiger partial charge on any atom is -0.508 e. The molecule has 7 rings (SSSR count). The third kappa shape index (κ3) is 5.53. The van der Waals surface area contributed by atoms with E-state index in [-0.39, 0.29) is 41.6 Å².